The van der Waals surface area contributed by atoms with Gasteiger partial charge in [0.1, 0.15) is 0 Å². The first-order valence-electron chi connectivity index (χ1n) is 6.66. The molecule has 0 bridgehead atoms. The van der Waals surface area contributed by atoms with E-state index in [2.05, 4.69) is 38.3 Å². The van der Waals surface area contributed by atoms with E-state index in [-0.39, 0.29) is 28.7 Å². The lowest BCUT2D eigenvalue weighted by molar-refractivity contribution is -0.122. The first kappa shape index (κ1) is 15.4. The molecule has 0 aromatic rings. The number of hydrogen-bond donors (Lipinski definition) is 2. The fourth-order valence-electron chi connectivity index (χ4n) is 2.56. The van der Waals surface area contributed by atoms with Gasteiger partial charge in [0, 0.05) is 11.6 Å². The molecule has 0 saturated carbocycles. The molecule has 0 aliphatic carbocycles. The second-order valence-electron chi connectivity index (χ2n) is 7.40. The van der Waals surface area contributed by atoms with Crippen LogP contribution in [0, 0.1) is 0 Å². The summed E-state index contributed by atoms with van der Waals surface area (Å²) in [5, 5.41) is 6.26. The molecular formula is C14H28N2O2. The molecule has 1 unspecified atom stereocenters. The van der Waals surface area contributed by atoms with Crippen LogP contribution in [-0.2, 0) is 9.53 Å². The monoisotopic (exact) mass is 256 g/mol. The number of carbonyl (C=O) groups excluding carboxylic acids is 1. The Labute approximate surface area is 111 Å². The Hall–Kier alpha value is -0.610. The SMILES string of the molecule is CC(C)(C)NC(=O)CNC1CC(C)(C)OC1(C)C. The van der Waals surface area contributed by atoms with Crippen LogP contribution in [0.2, 0.25) is 0 Å². The molecule has 1 aliphatic rings. The summed E-state index contributed by atoms with van der Waals surface area (Å²) in [5.41, 5.74) is -0.535. The van der Waals surface area contributed by atoms with Crippen LogP contribution in [0.15, 0.2) is 0 Å². The minimum Gasteiger partial charge on any atom is -0.368 e. The molecule has 4 heteroatoms. The molecule has 1 rings (SSSR count). The van der Waals surface area contributed by atoms with Crippen LogP contribution < -0.4 is 10.6 Å². The molecule has 0 aromatic heterocycles. The molecule has 0 aromatic carbocycles. The summed E-state index contributed by atoms with van der Waals surface area (Å²) in [6, 6.07) is 0.207. The molecule has 0 radical (unpaired) electrons. The van der Waals surface area contributed by atoms with Gasteiger partial charge in [-0.25, -0.2) is 0 Å². The summed E-state index contributed by atoms with van der Waals surface area (Å²) in [7, 11) is 0. The Morgan fingerprint density at radius 2 is 1.83 bits per heavy atom. The highest BCUT2D eigenvalue weighted by molar-refractivity contribution is 5.78. The lowest BCUT2D eigenvalue weighted by atomic mass is 9.94. The van der Waals surface area contributed by atoms with Crippen LogP contribution >= 0.6 is 0 Å². The van der Waals surface area contributed by atoms with Gasteiger partial charge < -0.3 is 15.4 Å². The highest BCUT2D eigenvalue weighted by Crippen LogP contribution is 2.37. The first-order valence-corrected chi connectivity index (χ1v) is 6.66. The van der Waals surface area contributed by atoms with E-state index in [4.69, 9.17) is 4.74 Å². The van der Waals surface area contributed by atoms with E-state index in [1.807, 2.05) is 20.8 Å². The zero-order valence-electron chi connectivity index (χ0n) is 12.8. The van der Waals surface area contributed by atoms with Crippen molar-refractivity contribution < 1.29 is 9.53 Å². The van der Waals surface area contributed by atoms with E-state index >= 15 is 0 Å². The van der Waals surface area contributed by atoms with Crippen LogP contribution in [0.3, 0.4) is 0 Å². The van der Waals surface area contributed by atoms with Crippen molar-refractivity contribution >= 4 is 5.91 Å². The number of carbonyl (C=O) groups is 1. The topological polar surface area (TPSA) is 50.4 Å². The maximum atomic E-state index is 11.8. The van der Waals surface area contributed by atoms with Crippen LogP contribution in [0.4, 0.5) is 0 Å². The van der Waals surface area contributed by atoms with Gasteiger partial charge in [0.25, 0.3) is 0 Å². The second-order valence-corrected chi connectivity index (χ2v) is 7.40. The Morgan fingerprint density at radius 3 is 2.22 bits per heavy atom. The quantitative estimate of drug-likeness (QED) is 0.810. The van der Waals surface area contributed by atoms with E-state index in [0.717, 1.165) is 6.42 Å². The summed E-state index contributed by atoms with van der Waals surface area (Å²) >= 11 is 0. The molecule has 18 heavy (non-hydrogen) atoms. The average molecular weight is 256 g/mol. The third-order valence-corrected chi connectivity index (χ3v) is 3.10. The lowest BCUT2D eigenvalue weighted by Crippen LogP contribution is -2.50. The third-order valence-electron chi connectivity index (χ3n) is 3.10. The number of ether oxygens (including phenoxy) is 1. The molecule has 1 aliphatic heterocycles. The van der Waals surface area contributed by atoms with Gasteiger partial charge in [-0.2, -0.15) is 0 Å². The van der Waals surface area contributed by atoms with Gasteiger partial charge in [0.15, 0.2) is 0 Å². The number of hydrogen-bond acceptors (Lipinski definition) is 3. The lowest BCUT2D eigenvalue weighted by Gasteiger charge is -2.28. The third kappa shape index (κ3) is 4.58. The van der Waals surface area contributed by atoms with Gasteiger partial charge in [0.05, 0.1) is 17.7 Å². The van der Waals surface area contributed by atoms with Gasteiger partial charge in [-0.05, 0) is 54.9 Å². The van der Waals surface area contributed by atoms with Crippen molar-refractivity contribution in [3.63, 3.8) is 0 Å². The van der Waals surface area contributed by atoms with Crippen LogP contribution in [0.25, 0.3) is 0 Å². The Morgan fingerprint density at radius 1 is 1.28 bits per heavy atom. The van der Waals surface area contributed by atoms with Crippen molar-refractivity contribution in [3.05, 3.63) is 0 Å². The molecule has 2 N–H and O–H groups in total. The van der Waals surface area contributed by atoms with E-state index in [0.29, 0.717) is 6.54 Å². The van der Waals surface area contributed by atoms with E-state index in [1.54, 1.807) is 0 Å². The summed E-state index contributed by atoms with van der Waals surface area (Å²) in [4.78, 5) is 11.8. The van der Waals surface area contributed by atoms with Gasteiger partial charge in [-0.1, -0.05) is 0 Å². The predicted molar refractivity (Wildman–Crippen MR) is 73.5 cm³/mol. The molecule has 1 atom stereocenters. The molecule has 1 heterocycles. The predicted octanol–water partition coefficient (Wildman–Crippen LogP) is 1.84. The zero-order chi connectivity index (χ0) is 14.2. The molecule has 1 fully saturated rings. The van der Waals surface area contributed by atoms with Crippen molar-refractivity contribution in [2.45, 2.75) is 77.7 Å². The van der Waals surface area contributed by atoms with E-state index in [1.165, 1.54) is 0 Å². The standard InChI is InChI=1S/C14H28N2O2/c1-12(2,3)16-11(17)9-15-10-8-13(4,5)18-14(10,6)7/h10,15H,8-9H2,1-7H3,(H,16,17). The fourth-order valence-corrected chi connectivity index (χ4v) is 2.56. The van der Waals surface area contributed by atoms with Gasteiger partial charge >= 0.3 is 0 Å². The number of rotatable bonds is 3. The summed E-state index contributed by atoms with van der Waals surface area (Å²) < 4.78 is 5.99. The van der Waals surface area contributed by atoms with Crippen molar-refractivity contribution in [1.82, 2.24) is 10.6 Å². The molecule has 0 spiro atoms. The summed E-state index contributed by atoms with van der Waals surface area (Å²) in [5.74, 6) is 0.0306. The average Bonchev–Trinajstić information content (AvgIpc) is 2.27. The highest BCUT2D eigenvalue weighted by Gasteiger charge is 2.45. The highest BCUT2D eigenvalue weighted by atomic mass is 16.5. The largest absolute Gasteiger partial charge is 0.368 e. The van der Waals surface area contributed by atoms with Crippen molar-refractivity contribution in [2.75, 3.05) is 6.54 Å². The number of nitrogens with one attached hydrogen (secondary N) is 2. The molecular weight excluding hydrogens is 228 g/mol. The van der Waals surface area contributed by atoms with E-state index in [9.17, 15) is 4.79 Å². The Kier molecular flexibility index (Phi) is 4.13. The Balaban J connectivity index is 2.47. The van der Waals surface area contributed by atoms with Crippen molar-refractivity contribution in [1.29, 1.82) is 0 Å². The smallest absolute Gasteiger partial charge is 0.234 e. The first-order chi connectivity index (χ1) is 7.91. The normalized spacial score (nSPS) is 26.1. The summed E-state index contributed by atoms with van der Waals surface area (Å²) in [6.07, 6.45) is 0.919. The molecule has 1 amide bonds. The minimum atomic E-state index is -0.231. The van der Waals surface area contributed by atoms with Crippen molar-refractivity contribution in [2.24, 2.45) is 0 Å². The zero-order valence-corrected chi connectivity index (χ0v) is 12.8. The van der Waals surface area contributed by atoms with Crippen LogP contribution in [0.5, 0.6) is 0 Å². The van der Waals surface area contributed by atoms with Crippen LogP contribution in [0.1, 0.15) is 54.9 Å². The van der Waals surface area contributed by atoms with E-state index < -0.39 is 0 Å². The fraction of sp³-hybridized carbons (Fsp3) is 0.929. The molecule has 4 nitrogen and oxygen atoms in total. The van der Waals surface area contributed by atoms with Crippen LogP contribution in [-0.4, -0.2) is 35.2 Å². The van der Waals surface area contributed by atoms with Gasteiger partial charge in [-0.3, -0.25) is 4.79 Å². The summed E-state index contributed by atoms with van der Waals surface area (Å²) in [6.45, 7) is 14.6. The Bertz CT molecular complexity index is 316. The second kappa shape index (κ2) is 4.82. The maximum absolute atomic E-state index is 11.8. The van der Waals surface area contributed by atoms with Gasteiger partial charge in [0.2, 0.25) is 5.91 Å². The molecule has 1 saturated heterocycles. The minimum absolute atomic E-state index is 0.0306. The van der Waals surface area contributed by atoms with Crippen molar-refractivity contribution in [3.8, 4) is 0 Å². The van der Waals surface area contributed by atoms with Gasteiger partial charge in [-0.15, -0.1) is 0 Å². The number of amides is 1. The molecule has 106 valence electrons. The maximum Gasteiger partial charge on any atom is 0.234 e.